The molecule has 0 atom stereocenters. The molecule has 1 aliphatic rings. The summed E-state index contributed by atoms with van der Waals surface area (Å²) in [5.74, 6) is 0. The summed E-state index contributed by atoms with van der Waals surface area (Å²) in [5, 5.41) is 6.25. The molecule has 8 heteroatoms. The third-order valence-corrected chi connectivity index (χ3v) is 4.37. The summed E-state index contributed by atoms with van der Waals surface area (Å²) < 4.78 is 10.3. The van der Waals surface area contributed by atoms with E-state index < -0.39 is 0 Å². The smallest absolute Gasteiger partial charge is 0.250 e. The average Bonchev–Trinajstić information content (AvgIpc) is 3.40. The number of aromatic nitrogens is 2. The highest BCUT2D eigenvalue weighted by molar-refractivity contribution is 7.09. The third-order valence-electron chi connectivity index (χ3n) is 3.59. The van der Waals surface area contributed by atoms with Crippen molar-refractivity contribution in [3.63, 3.8) is 0 Å². The molecule has 0 fully saturated rings. The predicted octanol–water partition coefficient (Wildman–Crippen LogP) is 5.31. The van der Waals surface area contributed by atoms with Crippen molar-refractivity contribution in [2.45, 2.75) is 74.8 Å². The second kappa shape index (κ2) is 20.0. The van der Waals surface area contributed by atoms with Gasteiger partial charge in [-0.2, -0.15) is 0 Å². The Labute approximate surface area is 193 Å². The zero-order valence-corrected chi connectivity index (χ0v) is 21.4. The van der Waals surface area contributed by atoms with Crippen LogP contribution in [0.5, 0.6) is 0 Å². The minimum Gasteiger partial charge on any atom is -0.379 e. The number of aromatic amines is 1. The number of hydrogen-bond acceptors (Lipinski definition) is 5. The van der Waals surface area contributed by atoms with Crippen LogP contribution in [0, 0.1) is 0 Å². The number of thiazole rings is 1. The zero-order valence-electron chi connectivity index (χ0n) is 20.6. The van der Waals surface area contributed by atoms with E-state index in [1.54, 1.807) is 23.6 Å². The molecule has 3 heterocycles. The van der Waals surface area contributed by atoms with Crippen LogP contribution >= 0.6 is 11.3 Å². The van der Waals surface area contributed by atoms with Gasteiger partial charge in [0.25, 0.3) is 0 Å². The van der Waals surface area contributed by atoms with Gasteiger partial charge in [-0.15, -0.1) is 11.3 Å². The van der Waals surface area contributed by atoms with Gasteiger partial charge >= 0.3 is 0 Å². The van der Waals surface area contributed by atoms with Gasteiger partial charge in [-0.1, -0.05) is 53.4 Å². The summed E-state index contributed by atoms with van der Waals surface area (Å²) in [6, 6.07) is 1.60. The average molecular weight is 451 g/mol. The normalized spacial score (nSPS) is 10.5. The second-order valence-electron chi connectivity index (χ2n) is 5.92. The maximum Gasteiger partial charge on any atom is 0.250 e. The van der Waals surface area contributed by atoms with Crippen LogP contribution in [0.15, 0.2) is 27.9 Å². The van der Waals surface area contributed by atoms with Gasteiger partial charge in [0.1, 0.15) is 5.01 Å². The molecule has 31 heavy (non-hydrogen) atoms. The molecule has 5 nitrogen and oxygen atoms in total. The minimum atomic E-state index is -0.250. The van der Waals surface area contributed by atoms with E-state index in [1.165, 1.54) is 18.8 Å². The number of nitrogens with two attached hydrogens (primary N) is 1. The highest BCUT2D eigenvalue weighted by atomic mass is 32.1. The first kappa shape index (κ1) is 31.3. The molecule has 0 spiro atoms. The van der Waals surface area contributed by atoms with Gasteiger partial charge < -0.3 is 16.0 Å². The summed E-state index contributed by atoms with van der Waals surface area (Å²) in [6.45, 7) is 16.7. The van der Waals surface area contributed by atoms with Crippen molar-refractivity contribution in [2.75, 3.05) is 18.5 Å². The van der Waals surface area contributed by atoms with E-state index in [4.69, 9.17) is 5.73 Å². The van der Waals surface area contributed by atoms with Crippen LogP contribution in [0.4, 0.5) is 10.1 Å². The maximum atomic E-state index is 11.9. The van der Waals surface area contributed by atoms with Gasteiger partial charge in [0, 0.05) is 29.0 Å². The maximum absolute atomic E-state index is 11.9. The molecule has 0 bridgehead atoms. The standard InChI is InChI=1S/C14H16BN4OS.C3H8.C2H5F.2C2H6/c1-8-9(2-3-16)15-13-10(6-11(20)19-14(8)13)18-7-12-17-4-5-21-12;1-3-2;1-2-3;2*1-2/h4-6H,2-3,7,16H2,1H3,(H2,18,19,20);3H2,1-2H3;2H2,1H3;2*1-2H3. The van der Waals surface area contributed by atoms with Crippen LogP contribution < -0.4 is 22.1 Å². The Balaban J connectivity index is 0. The van der Waals surface area contributed by atoms with Crippen molar-refractivity contribution in [1.29, 1.82) is 0 Å². The van der Waals surface area contributed by atoms with Crippen molar-refractivity contribution >= 4 is 35.3 Å². The fourth-order valence-electron chi connectivity index (χ4n) is 2.53. The molecule has 1 aliphatic heterocycles. The lowest BCUT2D eigenvalue weighted by Crippen LogP contribution is -2.25. The number of alkyl halides is 1. The summed E-state index contributed by atoms with van der Waals surface area (Å²) in [5.41, 5.74) is 10.6. The fraction of sp³-hybridized carbons (Fsp3) is 0.565. The summed E-state index contributed by atoms with van der Waals surface area (Å²) >= 11 is 1.59. The van der Waals surface area contributed by atoms with Gasteiger partial charge in [0.05, 0.1) is 13.2 Å². The predicted molar refractivity (Wildman–Crippen MR) is 138 cm³/mol. The van der Waals surface area contributed by atoms with Crippen molar-refractivity contribution in [3.05, 3.63) is 44.2 Å². The van der Waals surface area contributed by atoms with E-state index in [0.717, 1.165) is 33.8 Å². The molecule has 0 unspecified atom stereocenters. The van der Waals surface area contributed by atoms with Crippen LogP contribution in [0.25, 0.3) is 5.57 Å². The SMILES string of the molecule is CC.CC.CC1=C(CCN)[B]c2c(NCc3nccs3)cc(=O)[nH]c21.CCC.CCF. The van der Waals surface area contributed by atoms with Gasteiger partial charge in [0.2, 0.25) is 5.56 Å². The van der Waals surface area contributed by atoms with E-state index in [9.17, 15) is 9.18 Å². The summed E-state index contributed by atoms with van der Waals surface area (Å²) in [4.78, 5) is 19.0. The second-order valence-corrected chi connectivity index (χ2v) is 6.90. The third kappa shape index (κ3) is 11.3. The first-order valence-corrected chi connectivity index (χ1v) is 12.1. The van der Waals surface area contributed by atoms with Gasteiger partial charge in [0.15, 0.2) is 7.28 Å². The van der Waals surface area contributed by atoms with E-state index in [1.807, 2.05) is 40.0 Å². The molecule has 175 valence electrons. The first-order chi connectivity index (χ1) is 15.0. The van der Waals surface area contributed by atoms with Crippen molar-refractivity contribution in [2.24, 2.45) is 5.73 Å². The molecule has 0 aromatic carbocycles. The largest absolute Gasteiger partial charge is 0.379 e. The molecule has 3 rings (SSSR count). The van der Waals surface area contributed by atoms with Crippen LogP contribution in [0.2, 0.25) is 0 Å². The Kier molecular flexibility index (Phi) is 20.2. The number of halogens is 1. The van der Waals surface area contributed by atoms with Crippen LogP contribution in [-0.2, 0) is 6.54 Å². The Morgan fingerprint density at radius 1 is 1.23 bits per heavy atom. The molecule has 1 radical (unpaired) electrons. The Morgan fingerprint density at radius 2 is 1.81 bits per heavy atom. The molecule has 0 saturated carbocycles. The van der Waals surface area contributed by atoms with Crippen molar-refractivity contribution in [3.8, 4) is 0 Å². The zero-order chi connectivity index (χ0) is 24.2. The molecule has 2 aromatic heterocycles. The van der Waals surface area contributed by atoms with Crippen LogP contribution in [0.3, 0.4) is 0 Å². The topological polar surface area (TPSA) is 83.8 Å². The number of nitrogens with zero attached hydrogens (tertiary/aromatic N) is 1. The first-order valence-electron chi connectivity index (χ1n) is 11.2. The van der Waals surface area contributed by atoms with Crippen molar-refractivity contribution < 1.29 is 4.39 Å². The number of fused-ring (bicyclic) bond motifs is 1. The van der Waals surface area contributed by atoms with Crippen LogP contribution in [0.1, 0.15) is 78.9 Å². The molecule has 0 saturated heterocycles. The highest BCUT2D eigenvalue weighted by Gasteiger charge is 2.23. The summed E-state index contributed by atoms with van der Waals surface area (Å²) in [7, 11) is 2.11. The monoisotopic (exact) mass is 451 g/mol. The lowest BCUT2D eigenvalue weighted by atomic mass is 9.65. The number of pyridine rings is 1. The molecule has 0 aliphatic carbocycles. The summed E-state index contributed by atoms with van der Waals surface area (Å²) in [6.07, 6.45) is 3.84. The molecular formula is C23H41BFN4OS. The van der Waals surface area contributed by atoms with E-state index in [0.29, 0.717) is 13.1 Å². The highest BCUT2D eigenvalue weighted by Crippen LogP contribution is 2.24. The Morgan fingerprint density at radius 3 is 2.29 bits per heavy atom. The quantitative estimate of drug-likeness (QED) is 0.538. The molecule has 0 amide bonds. The number of nitrogens with one attached hydrogen (secondary N) is 2. The van der Waals surface area contributed by atoms with Gasteiger partial charge in [-0.25, -0.2) is 4.98 Å². The number of hydrogen-bond donors (Lipinski definition) is 3. The molecule has 4 N–H and O–H groups in total. The lowest BCUT2D eigenvalue weighted by Gasteiger charge is -2.10. The number of rotatable bonds is 5. The van der Waals surface area contributed by atoms with Crippen molar-refractivity contribution in [1.82, 2.24) is 9.97 Å². The fourth-order valence-corrected chi connectivity index (χ4v) is 3.09. The number of allylic oxidation sites excluding steroid dienone is 1. The Hall–Kier alpha value is -1.93. The number of H-pyrrole nitrogens is 1. The lowest BCUT2D eigenvalue weighted by molar-refractivity contribution is 0.527. The van der Waals surface area contributed by atoms with Gasteiger partial charge in [-0.3, -0.25) is 9.18 Å². The molecular weight excluding hydrogens is 410 g/mol. The van der Waals surface area contributed by atoms with Crippen LogP contribution in [-0.4, -0.2) is 30.5 Å². The van der Waals surface area contributed by atoms with E-state index >= 15 is 0 Å². The Bertz CT molecular complexity index is 774. The van der Waals surface area contributed by atoms with E-state index in [-0.39, 0.29) is 12.2 Å². The minimum absolute atomic E-state index is 0.0999. The molecule has 2 aromatic rings. The van der Waals surface area contributed by atoms with Gasteiger partial charge in [-0.05, 0) is 37.8 Å². The number of anilines is 1. The van der Waals surface area contributed by atoms with E-state index in [2.05, 4.69) is 36.4 Å².